The zero-order valence-corrected chi connectivity index (χ0v) is 11.3. The van der Waals surface area contributed by atoms with Gasteiger partial charge in [-0.1, -0.05) is 30.3 Å². The molecule has 0 aliphatic rings. The Hall–Kier alpha value is -2.73. The lowest BCUT2D eigenvalue weighted by Gasteiger charge is -2.06. The number of carbonyl (C=O) groups is 3. The van der Waals surface area contributed by atoms with Crippen LogP contribution < -0.4 is 16.4 Å². The molecule has 3 amide bonds. The first-order chi connectivity index (χ1) is 10.1. The van der Waals surface area contributed by atoms with Crippen molar-refractivity contribution < 1.29 is 14.4 Å². The lowest BCUT2D eigenvalue weighted by Crippen LogP contribution is -2.41. The van der Waals surface area contributed by atoms with Gasteiger partial charge >= 0.3 is 0 Å². The smallest absolute Gasteiger partial charge is 0.257 e. The van der Waals surface area contributed by atoms with Crippen LogP contribution in [0, 0.1) is 0 Å². The van der Waals surface area contributed by atoms with Crippen LogP contribution in [0.15, 0.2) is 42.5 Å². The fraction of sp³-hybridized carbons (Fsp3) is 0.133. The fourth-order valence-electron chi connectivity index (χ4n) is 1.82. The number of carbonyl (C=O) groups excluding carboxylic acids is 3. The van der Waals surface area contributed by atoms with Gasteiger partial charge in [-0.05, 0) is 22.9 Å². The summed E-state index contributed by atoms with van der Waals surface area (Å²) >= 11 is 0. The van der Waals surface area contributed by atoms with E-state index in [1.807, 2.05) is 30.3 Å². The molecular weight excluding hydrogens is 270 g/mol. The van der Waals surface area contributed by atoms with E-state index in [0.29, 0.717) is 5.56 Å². The molecule has 4 N–H and O–H groups in total. The van der Waals surface area contributed by atoms with Crippen molar-refractivity contribution >= 4 is 28.5 Å². The van der Waals surface area contributed by atoms with Crippen LogP contribution in [0.2, 0.25) is 0 Å². The summed E-state index contributed by atoms with van der Waals surface area (Å²) in [6.07, 6.45) is 0. The molecule has 108 valence electrons. The average molecular weight is 285 g/mol. The highest BCUT2D eigenvalue weighted by Crippen LogP contribution is 2.15. The Morgan fingerprint density at radius 1 is 0.952 bits per heavy atom. The molecule has 6 heteroatoms. The summed E-state index contributed by atoms with van der Waals surface area (Å²) in [5.41, 5.74) is 5.47. The van der Waals surface area contributed by atoms with Crippen molar-refractivity contribution in [2.45, 2.75) is 0 Å². The summed E-state index contributed by atoms with van der Waals surface area (Å²) in [5.74, 6) is -1.55. The molecule has 2 rings (SSSR count). The Labute approximate surface area is 121 Å². The van der Waals surface area contributed by atoms with Gasteiger partial charge in [0, 0.05) is 5.56 Å². The third-order valence-corrected chi connectivity index (χ3v) is 2.90. The highest BCUT2D eigenvalue weighted by atomic mass is 16.2. The molecule has 0 unspecified atom stereocenters. The molecular formula is C15H15N3O3. The summed E-state index contributed by atoms with van der Waals surface area (Å²) in [4.78, 5) is 34.4. The van der Waals surface area contributed by atoms with Crippen LogP contribution in [0.4, 0.5) is 0 Å². The molecule has 0 aliphatic carbocycles. The van der Waals surface area contributed by atoms with Crippen molar-refractivity contribution in [1.82, 2.24) is 10.6 Å². The predicted molar refractivity (Wildman–Crippen MR) is 78.5 cm³/mol. The third-order valence-electron chi connectivity index (χ3n) is 2.90. The molecule has 0 aromatic heterocycles. The number of imide groups is 1. The highest BCUT2D eigenvalue weighted by molar-refractivity contribution is 6.07. The Bertz CT molecular complexity index is 697. The molecule has 0 radical (unpaired) electrons. The quantitative estimate of drug-likeness (QED) is 0.745. The first kappa shape index (κ1) is 14.7. The number of nitrogens with one attached hydrogen (secondary N) is 2. The maximum atomic E-state index is 11.9. The van der Waals surface area contributed by atoms with Crippen molar-refractivity contribution in [2.24, 2.45) is 5.73 Å². The van der Waals surface area contributed by atoms with E-state index in [4.69, 9.17) is 5.73 Å². The zero-order valence-electron chi connectivity index (χ0n) is 11.3. The molecule has 2 aromatic carbocycles. The second kappa shape index (κ2) is 6.62. The van der Waals surface area contributed by atoms with Gasteiger partial charge in [-0.15, -0.1) is 0 Å². The minimum atomic E-state index is -0.588. The molecule has 0 bridgehead atoms. The van der Waals surface area contributed by atoms with Crippen LogP contribution in [-0.4, -0.2) is 30.8 Å². The van der Waals surface area contributed by atoms with E-state index in [1.54, 1.807) is 12.1 Å². The van der Waals surface area contributed by atoms with Gasteiger partial charge in [0.05, 0.1) is 13.1 Å². The van der Waals surface area contributed by atoms with Gasteiger partial charge in [0.15, 0.2) is 0 Å². The molecule has 0 atom stereocenters. The van der Waals surface area contributed by atoms with Crippen molar-refractivity contribution in [3.05, 3.63) is 48.0 Å². The minimum Gasteiger partial charge on any atom is -0.346 e. The topological polar surface area (TPSA) is 101 Å². The van der Waals surface area contributed by atoms with Gasteiger partial charge in [0.1, 0.15) is 0 Å². The van der Waals surface area contributed by atoms with Crippen LogP contribution in [0.3, 0.4) is 0 Å². The maximum Gasteiger partial charge on any atom is 0.257 e. The summed E-state index contributed by atoms with van der Waals surface area (Å²) < 4.78 is 0. The largest absolute Gasteiger partial charge is 0.346 e. The number of benzene rings is 2. The van der Waals surface area contributed by atoms with Crippen molar-refractivity contribution in [3.63, 3.8) is 0 Å². The summed E-state index contributed by atoms with van der Waals surface area (Å²) in [5, 5.41) is 6.42. The molecule has 6 nitrogen and oxygen atoms in total. The van der Waals surface area contributed by atoms with Crippen LogP contribution in [0.5, 0.6) is 0 Å². The lowest BCUT2D eigenvalue weighted by atomic mass is 10.1. The van der Waals surface area contributed by atoms with Gasteiger partial charge in [-0.3, -0.25) is 19.7 Å². The Kier molecular flexibility index (Phi) is 4.63. The van der Waals surface area contributed by atoms with Gasteiger partial charge < -0.3 is 11.1 Å². The fourth-order valence-corrected chi connectivity index (χ4v) is 1.82. The first-order valence-corrected chi connectivity index (χ1v) is 6.40. The van der Waals surface area contributed by atoms with Crippen LogP contribution in [-0.2, 0) is 9.59 Å². The third kappa shape index (κ3) is 3.87. The Morgan fingerprint density at radius 3 is 2.38 bits per heavy atom. The summed E-state index contributed by atoms with van der Waals surface area (Å²) in [6, 6.07) is 12.8. The van der Waals surface area contributed by atoms with Crippen molar-refractivity contribution in [3.8, 4) is 0 Å². The van der Waals surface area contributed by atoms with Crippen LogP contribution in [0.25, 0.3) is 10.8 Å². The number of nitrogens with two attached hydrogens (primary N) is 1. The molecule has 0 aliphatic heterocycles. The molecule has 0 saturated carbocycles. The monoisotopic (exact) mass is 285 g/mol. The summed E-state index contributed by atoms with van der Waals surface area (Å²) in [6.45, 7) is -0.485. The van der Waals surface area contributed by atoms with Gasteiger partial charge in [-0.25, -0.2) is 0 Å². The van der Waals surface area contributed by atoms with Crippen molar-refractivity contribution in [2.75, 3.05) is 13.1 Å². The predicted octanol–water partition coefficient (Wildman–Crippen LogP) is 0.171. The lowest BCUT2D eigenvalue weighted by molar-refractivity contribution is -0.124. The molecule has 0 spiro atoms. The zero-order chi connectivity index (χ0) is 15.2. The average Bonchev–Trinajstić information content (AvgIpc) is 2.52. The molecule has 0 saturated heterocycles. The van der Waals surface area contributed by atoms with E-state index in [-0.39, 0.29) is 13.1 Å². The van der Waals surface area contributed by atoms with E-state index in [2.05, 4.69) is 10.6 Å². The highest BCUT2D eigenvalue weighted by Gasteiger charge is 2.11. The van der Waals surface area contributed by atoms with Crippen LogP contribution in [0.1, 0.15) is 10.4 Å². The maximum absolute atomic E-state index is 11.9. The van der Waals surface area contributed by atoms with E-state index in [0.717, 1.165) is 10.8 Å². The number of rotatable bonds is 4. The number of amides is 3. The van der Waals surface area contributed by atoms with Gasteiger partial charge in [-0.2, -0.15) is 0 Å². The molecule has 0 fully saturated rings. The number of fused-ring (bicyclic) bond motifs is 1. The Morgan fingerprint density at radius 2 is 1.67 bits per heavy atom. The molecule has 2 aromatic rings. The molecule has 21 heavy (non-hydrogen) atoms. The van der Waals surface area contributed by atoms with Crippen molar-refractivity contribution in [1.29, 1.82) is 0 Å². The standard InChI is InChI=1S/C15H15N3O3/c16-8-13(19)17-9-14(20)18-15(21)12-6-5-10-3-1-2-4-11(10)7-12/h1-7H,8-9,16H2,(H,17,19)(H,18,20,21). The number of hydrogen-bond acceptors (Lipinski definition) is 4. The van der Waals surface area contributed by atoms with E-state index in [1.165, 1.54) is 0 Å². The summed E-state index contributed by atoms with van der Waals surface area (Å²) in [7, 11) is 0. The molecule has 0 heterocycles. The van der Waals surface area contributed by atoms with Crippen LogP contribution >= 0.6 is 0 Å². The van der Waals surface area contributed by atoms with E-state index in [9.17, 15) is 14.4 Å². The Balaban J connectivity index is 2.01. The minimum absolute atomic E-state index is 0.202. The first-order valence-electron chi connectivity index (χ1n) is 6.40. The second-order valence-electron chi connectivity index (χ2n) is 4.42. The van der Waals surface area contributed by atoms with Gasteiger partial charge in [0.25, 0.3) is 5.91 Å². The van der Waals surface area contributed by atoms with E-state index >= 15 is 0 Å². The second-order valence-corrected chi connectivity index (χ2v) is 4.42. The van der Waals surface area contributed by atoms with Gasteiger partial charge in [0.2, 0.25) is 11.8 Å². The number of hydrogen-bond donors (Lipinski definition) is 3. The SMILES string of the molecule is NCC(=O)NCC(=O)NC(=O)c1ccc2ccccc2c1. The normalized spacial score (nSPS) is 10.1. The van der Waals surface area contributed by atoms with E-state index < -0.39 is 17.7 Å².